The van der Waals surface area contributed by atoms with Crippen LogP contribution in [0.1, 0.15) is 36.7 Å². The van der Waals surface area contributed by atoms with E-state index in [1.165, 1.54) is 5.57 Å². The Morgan fingerprint density at radius 3 is 2.67 bits per heavy atom. The first kappa shape index (κ1) is 19.8. The number of ketones is 1. The third kappa shape index (κ3) is 3.71. The van der Waals surface area contributed by atoms with Crippen molar-refractivity contribution < 1.29 is 19.0 Å². The summed E-state index contributed by atoms with van der Waals surface area (Å²) in [6.45, 7) is 7.44. The van der Waals surface area contributed by atoms with Crippen LogP contribution in [0, 0.1) is 0 Å². The first-order chi connectivity index (χ1) is 14.5. The lowest BCUT2D eigenvalue weighted by molar-refractivity contribution is 0.101. The van der Waals surface area contributed by atoms with Crippen molar-refractivity contribution in [1.29, 1.82) is 0 Å². The summed E-state index contributed by atoms with van der Waals surface area (Å²) < 4.78 is 19.2. The van der Waals surface area contributed by atoms with Crippen LogP contribution in [0.4, 0.5) is 0 Å². The first-order valence-electron chi connectivity index (χ1n) is 10.0. The number of aromatic nitrogens is 1. The van der Waals surface area contributed by atoms with Gasteiger partial charge in [0.25, 0.3) is 0 Å². The Hall–Kier alpha value is -3.47. The van der Waals surface area contributed by atoms with Crippen LogP contribution in [0.3, 0.4) is 0 Å². The number of carbonyl (C=O) groups is 1. The zero-order valence-electron chi connectivity index (χ0n) is 17.7. The van der Waals surface area contributed by atoms with Gasteiger partial charge in [-0.05, 0) is 63.3 Å². The van der Waals surface area contributed by atoms with Crippen molar-refractivity contribution in [1.82, 2.24) is 4.57 Å². The summed E-state index contributed by atoms with van der Waals surface area (Å²) >= 11 is 0. The molecule has 30 heavy (non-hydrogen) atoms. The molecule has 1 aromatic heterocycles. The quantitative estimate of drug-likeness (QED) is 0.395. The molecule has 4 rings (SSSR count). The maximum absolute atomic E-state index is 12.9. The van der Waals surface area contributed by atoms with E-state index in [-0.39, 0.29) is 5.78 Å². The summed E-state index contributed by atoms with van der Waals surface area (Å²) in [7, 11) is 1.65. The Kier molecular flexibility index (Phi) is 5.36. The first-order valence-corrected chi connectivity index (χ1v) is 10.0. The van der Waals surface area contributed by atoms with E-state index >= 15 is 0 Å². The molecule has 0 radical (unpaired) electrons. The van der Waals surface area contributed by atoms with Gasteiger partial charge in [-0.2, -0.15) is 0 Å². The van der Waals surface area contributed by atoms with Crippen molar-refractivity contribution in [3.63, 3.8) is 0 Å². The molecule has 0 saturated carbocycles. The molecule has 2 aromatic carbocycles. The number of allylic oxidation sites excluding steroid dienone is 2. The lowest BCUT2D eigenvalue weighted by Gasteiger charge is -2.05. The van der Waals surface area contributed by atoms with Gasteiger partial charge in [0, 0.05) is 35.3 Å². The van der Waals surface area contributed by atoms with E-state index in [9.17, 15) is 4.79 Å². The predicted octanol–water partition coefficient (Wildman–Crippen LogP) is 5.63. The number of fused-ring (bicyclic) bond motifs is 2. The van der Waals surface area contributed by atoms with Crippen LogP contribution in [0.15, 0.2) is 60.0 Å². The van der Waals surface area contributed by atoms with E-state index in [4.69, 9.17) is 14.2 Å². The van der Waals surface area contributed by atoms with E-state index in [0.717, 1.165) is 28.8 Å². The number of nitrogens with zero attached hydrogens (tertiary/aromatic N) is 1. The summed E-state index contributed by atoms with van der Waals surface area (Å²) in [5, 5.41) is 1.02. The van der Waals surface area contributed by atoms with Crippen LogP contribution < -0.4 is 14.2 Å². The zero-order chi connectivity index (χ0) is 21.3. The minimum absolute atomic E-state index is 0.124. The number of Topliss-reactive ketones (excluding diaryl/α,β-unsaturated/α-hetero) is 1. The highest BCUT2D eigenvalue weighted by atomic mass is 16.5. The number of hydrogen-bond donors (Lipinski definition) is 0. The second-order valence-corrected chi connectivity index (χ2v) is 7.44. The van der Waals surface area contributed by atoms with Crippen molar-refractivity contribution >= 4 is 22.8 Å². The van der Waals surface area contributed by atoms with Crippen LogP contribution in [-0.2, 0) is 6.54 Å². The largest absolute Gasteiger partial charge is 0.497 e. The molecule has 0 atom stereocenters. The average molecular weight is 403 g/mol. The van der Waals surface area contributed by atoms with E-state index < -0.39 is 0 Å². The van der Waals surface area contributed by atoms with Crippen LogP contribution in [0.2, 0.25) is 0 Å². The molecule has 2 heterocycles. The molecule has 0 fully saturated rings. The molecule has 1 aliphatic rings. The molecule has 154 valence electrons. The topological polar surface area (TPSA) is 49.7 Å². The van der Waals surface area contributed by atoms with Gasteiger partial charge in [0.05, 0.1) is 12.7 Å². The monoisotopic (exact) mass is 403 g/mol. The van der Waals surface area contributed by atoms with Crippen molar-refractivity contribution in [2.45, 2.75) is 27.3 Å². The molecule has 0 spiro atoms. The lowest BCUT2D eigenvalue weighted by Crippen LogP contribution is -1.98. The van der Waals surface area contributed by atoms with Gasteiger partial charge in [0.15, 0.2) is 5.76 Å². The van der Waals surface area contributed by atoms with Gasteiger partial charge in [0.1, 0.15) is 23.9 Å². The Morgan fingerprint density at radius 2 is 1.93 bits per heavy atom. The van der Waals surface area contributed by atoms with Crippen LogP contribution in [0.25, 0.3) is 17.0 Å². The van der Waals surface area contributed by atoms with Crippen molar-refractivity contribution in [3.8, 4) is 17.2 Å². The molecule has 0 bridgehead atoms. The lowest BCUT2D eigenvalue weighted by atomic mass is 10.1. The number of aryl methyl sites for hydroxylation is 1. The van der Waals surface area contributed by atoms with Gasteiger partial charge >= 0.3 is 0 Å². The van der Waals surface area contributed by atoms with E-state index in [1.54, 1.807) is 31.4 Å². The molecular weight excluding hydrogens is 378 g/mol. The van der Waals surface area contributed by atoms with Crippen LogP contribution >= 0.6 is 0 Å². The molecule has 1 aliphatic heterocycles. The standard InChI is InChI=1S/C25H25NO4/c1-5-26-15-17(21-13-18(28-4)7-9-22(21)26)12-24-25(27)20-8-6-19(14-23(20)30-24)29-11-10-16(2)3/h6-10,12-15H,5,11H2,1-4H3. The minimum Gasteiger partial charge on any atom is -0.497 e. The Labute approximate surface area is 176 Å². The molecule has 0 N–H and O–H groups in total. The number of methoxy groups -OCH3 is 1. The molecule has 5 heteroatoms. The molecule has 0 aliphatic carbocycles. The molecule has 0 unspecified atom stereocenters. The summed E-state index contributed by atoms with van der Waals surface area (Å²) in [4.78, 5) is 12.9. The fourth-order valence-corrected chi connectivity index (χ4v) is 3.51. The number of benzene rings is 2. The second-order valence-electron chi connectivity index (χ2n) is 7.44. The van der Waals surface area contributed by atoms with Crippen LogP contribution in [0.5, 0.6) is 17.2 Å². The highest BCUT2D eigenvalue weighted by molar-refractivity contribution is 6.15. The summed E-state index contributed by atoms with van der Waals surface area (Å²) in [6, 6.07) is 11.3. The minimum atomic E-state index is -0.124. The summed E-state index contributed by atoms with van der Waals surface area (Å²) in [5.74, 6) is 2.16. The number of hydrogen-bond acceptors (Lipinski definition) is 4. The Bertz CT molecular complexity index is 1180. The molecule has 5 nitrogen and oxygen atoms in total. The molecule has 0 saturated heterocycles. The Morgan fingerprint density at radius 1 is 1.13 bits per heavy atom. The number of ether oxygens (including phenoxy) is 3. The third-order valence-electron chi connectivity index (χ3n) is 5.13. The second kappa shape index (κ2) is 8.11. The molecule has 3 aromatic rings. The average Bonchev–Trinajstić information content (AvgIpc) is 3.24. The fourth-order valence-electron chi connectivity index (χ4n) is 3.51. The van der Waals surface area contributed by atoms with E-state index in [0.29, 0.717) is 29.4 Å². The SMILES string of the molecule is CCn1cc(C=C2Oc3cc(OCC=C(C)C)ccc3C2=O)c2cc(OC)ccc21. The van der Waals surface area contributed by atoms with Gasteiger partial charge < -0.3 is 18.8 Å². The normalized spacial score (nSPS) is 14.0. The summed E-state index contributed by atoms with van der Waals surface area (Å²) in [5.41, 5.74) is 3.74. The highest BCUT2D eigenvalue weighted by Crippen LogP contribution is 2.36. The van der Waals surface area contributed by atoms with Crippen molar-refractivity contribution in [2.75, 3.05) is 13.7 Å². The van der Waals surface area contributed by atoms with Crippen molar-refractivity contribution in [3.05, 3.63) is 71.1 Å². The maximum Gasteiger partial charge on any atom is 0.231 e. The van der Waals surface area contributed by atoms with Gasteiger partial charge in [-0.15, -0.1) is 0 Å². The van der Waals surface area contributed by atoms with Crippen LogP contribution in [-0.4, -0.2) is 24.1 Å². The number of carbonyl (C=O) groups excluding carboxylic acids is 1. The predicted molar refractivity (Wildman–Crippen MR) is 118 cm³/mol. The van der Waals surface area contributed by atoms with Gasteiger partial charge in [0.2, 0.25) is 5.78 Å². The zero-order valence-corrected chi connectivity index (χ0v) is 17.7. The van der Waals surface area contributed by atoms with E-state index in [2.05, 4.69) is 11.5 Å². The van der Waals surface area contributed by atoms with Gasteiger partial charge in [-0.25, -0.2) is 0 Å². The third-order valence-corrected chi connectivity index (χ3v) is 5.13. The van der Waals surface area contributed by atoms with Crippen molar-refractivity contribution in [2.24, 2.45) is 0 Å². The summed E-state index contributed by atoms with van der Waals surface area (Å²) in [6.07, 6.45) is 5.84. The molecule has 0 amide bonds. The van der Waals surface area contributed by atoms with E-state index in [1.807, 2.05) is 44.3 Å². The van der Waals surface area contributed by atoms with Gasteiger partial charge in [-0.1, -0.05) is 5.57 Å². The fraction of sp³-hybridized carbons (Fsp3) is 0.240. The maximum atomic E-state index is 12.9. The molecular formula is C25H25NO4. The highest BCUT2D eigenvalue weighted by Gasteiger charge is 2.28. The smallest absolute Gasteiger partial charge is 0.231 e. The Balaban J connectivity index is 1.66. The van der Waals surface area contributed by atoms with Gasteiger partial charge in [-0.3, -0.25) is 4.79 Å². The number of rotatable bonds is 6.